The molecule has 4 bridgehead atoms. The fourth-order valence-electron chi connectivity index (χ4n) is 7.80. The molecule has 0 amide bonds. The Hall–Kier alpha value is -3.91. The molecule has 46 heavy (non-hydrogen) atoms. The summed E-state index contributed by atoms with van der Waals surface area (Å²) in [6.07, 6.45) is 11.6. The van der Waals surface area contributed by atoms with E-state index < -0.39 is 40.4 Å². The summed E-state index contributed by atoms with van der Waals surface area (Å²) >= 11 is 0. The van der Waals surface area contributed by atoms with E-state index in [0.29, 0.717) is 12.0 Å². The molecule has 5 aliphatic rings. The molecule has 3 N–H and O–H groups in total. The zero-order valence-electron chi connectivity index (χ0n) is 28.2. The number of carboxylic acid groups (broad SMARTS) is 1. The van der Waals surface area contributed by atoms with E-state index in [-0.39, 0.29) is 64.6 Å². The maximum Gasteiger partial charge on any atom is 0.330 e. The zero-order chi connectivity index (χ0) is 33.9. The molecule has 1 aromatic carbocycles. The number of carbonyl (C=O) groups excluding carboxylic acids is 2. The van der Waals surface area contributed by atoms with Gasteiger partial charge in [0.15, 0.2) is 22.8 Å². The standard InChI is InChI=1S/C38H46O8/c1-20(2)10-9-11-22(5)13-15-25-30(39)26(14-12-21(3)4)33-29(31(25)40)32(41)27-18-24-19-28-36(7,8)46-37(34(24)42,38(27,28)45-33)17-16-23(6)35(43)44/h10,12-13,16,18,24,28,39-40H,9,11,14-15,17,19H2,1-8H3,(H,43,44)/b22-13+,23-16+/t24?,28?,37-,38-/m1/s1. The van der Waals surface area contributed by atoms with Gasteiger partial charge in [0.1, 0.15) is 22.8 Å². The van der Waals surface area contributed by atoms with Crippen LogP contribution in [0.5, 0.6) is 17.2 Å². The molecule has 246 valence electrons. The van der Waals surface area contributed by atoms with Crippen molar-refractivity contribution < 1.29 is 39.2 Å². The van der Waals surface area contributed by atoms with Gasteiger partial charge in [-0.15, -0.1) is 0 Å². The molecule has 2 unspecified atom stereocenters. The first-order chi connectivity index (χ1) is 21.5. The van der Waals surface area contributed by atoms with Crippen LogP contribution < -0.4 is 4.74 Å². The van der Waals surface area contributed by atoms with Crippen molar-refractivity contribution >= 4 is 17.5 Å². The van der Waals surface area contributed by atoms with Crippen LogP contribution in [0.15, 0.2) is 58.2 Å². The summed E-state index contributed by atoms with van der Waals surface area (Å²) in [5.41, 5.74) is 0.0623. The Morgan fingerprint density at radius 3 is 2.22 bits per heavy atom. The Morgan fingerprint density at radius 2 is 1.59 bits per heavy atom. The fourth-order valence-corrected chi connectivity index (χ4v) is 7.80. The van der Waals surface area contributed by atoms with Crippen molar-refractivity contribution in [3.8, 4) is 17.2 Å². The summed E-state index contributed by atoms with van der Waals surface area (Å²) in [7, 11) is 0. The minimum Gasteiger partial charge on any atom is -0.507 e. The van der Waals surface area contributed by atoms with E-state index in [9.17, 15) is 29.7 Å². The van der Waals surface area contributed by atoms with E-state index in [1.54, 1.807) is 6.08 Å². The largest absolute Gasteiger partial charge is 0.507 e. The molecule has 0 aromatic heterocycles. The number of aromatic hydroxyl groups is 2. The van der Waals surface area contributed by atoms with Gasteiger partial charge in [0.05, 0.1) is 5.60 Å². The summed E-state index contributed by atoms with van der Waals surface area (Å²) in [4.78, 5) is 40.6. The quantitative estimate of drug-likeness (QED) is 0.182. The molecule has 1 spiro atoms. The maximum atomic E-state index is 14.7. The average Bonchev–Trinajstić information content (AvgIpc) is 3.12. The molecule has 8 heteroatoms. The Balaban J connectivity index is 1.71. The summed E-state index contributed by atoms with van der Waals surface area (Å²) in [5.74, 6) is -3.33. The first kappa shape index (κ1) is 33.5. The fraction of sp³-hybridized carbons (Fsp3) is 0.500. The van der Waals surface area contributed by atoms with Gasteiger partial charge in [-0.3, -0.25) is 9.59 Å². The number of ketones is 2. The van der Waals surface area contributed by atoms with Gasteiger partial charge in [0.2, 0.25) is 0 Å². The van der Waals surface area contributed by atoms with Crippen molar-refractivity contribution in [3.05, 3.63) is 74.9 Å². The van der Waals surface area contributed by atoms with Crippen LogP contribution in [0.1, 0.15) is 103 Å². The van der Waals surface area contributed by atoms with Crippen molar-refractivity contribution in [1.29, 1.82) is 0 Å². The van der Waals surface area contributed by atoms with E-state index in [2.05, 4.69) is 19.9 Å². The Bertz CT molecular complexity index is 1670. The summed E-state index contributed by atoms with van der Waals surface area (Å²) in [5, 5.41) is 33.0. The van der Waals surface area contributed by atoms with Gasteiger partial charge in [-0.25, -0.2) is 4.79 Å². The van der Waals surface area contributed by atoms with E-state index in [4.69, 9.17) is 9.47 Å². The van der Waals surface area contributed by atoms with Crippen LogP contribution in [-0.4, -0.2) is 49.7 Å². The molecule has 0 radical (unpaired) electrons. The van der Waals surface area contributed by atoms with Crippen molar-refractivity contribution in [2.75, 3.05) is 0 Å². The molecule has 2 fully saturated rings. The Morgan fingerprint density at radius 1 is 0.935 bits per heavy atom. The van der Waals surface area contributed by atoms with E-state index in [1.807, 2.05) is 46.8 Å². The second-order valence-corrected chi connectivity index (χ2v) is 14.4. The normalized spacial score (nSPS) is 27.4. The lowest BCUT2D eigenvalue weighted by molar-refractivity contribution is -0.171. The molecule has 8 nitrogen and oxygen atoms in total. The topological polar surface area (TPSA) is 130 Å². The highest BCUT2D eigenvalue weighted by atomic mass is 16.6. The van der Waals surface area contributed by atoms with Crippen LogP contribution in [0.2, 0.25) is 0 Å². The number of rotatable bonds is 10. The zero-order valence-corrected chi connectivity index (χ0v) is 28.2. The lowest BCUT2D eigenvalue weighted by Gasteiger charge is -2.56. The van der Waals surface area contributed by atoms with Gasteiger partial charge in [-0.1, -0.05) is 47.1 Å². The molecule has 2 aliphatic heterocycles. The van der Waals surface area contributed by atoms with Crippen LogP contribution in [0, 0.1) is 11.8 Å². The number of Topliss-reactive ketones (excluding diaryl/α,β-unsaturated/α-hetero) is 2. The predicted octanol–water partition coefficient (Wildman–Crippen LogP) is 7.27. The number of hydrogen-bond donors (Lipinski definition) is 3. The first-order valence-corrected chi connectivity index (χ1v) is 16.1. The highest BCUT2D eigenvalue weighted by Crippen LogP contribution is 2.68. The minimum atomic E-state index is -1.67. The van der Waals surface area contributed by atoms with Gasteiger partial charge in [-0.05, 0) is 87.5 Å². The van der Waals surface area contributed by atoms with Crippen molar-refractivity contribution in [2.24, 2.45) is 11.8 Å². The molecule has 1 saturated heterocycles. The lowest BCUT2D eigenvalue weighted by atomic mass is 9.51. The maximum absolute atomic E-state index is 14.7. The van der Waals surface area contributed by atoms with Crippen molar-refractivity contribution in [1.82, 2.24) is 0 Å². The van der Waals surface area contributed by atoms with E-state index >= 15 is 0 Å². The summed E-state index contributed by atoms with van der Waals surface area (Å²) < 4.78 is 13.6. The third kappa shape index (κ3) is 5.05. The third-order valence-electron chi connectivity index (χ3n) is 10.2. The van der Waals surface area contributed by atoms with Gasteiger partial charge in [-0.2, -0.15) is 0 Å². The number of carboxylic acids is 1. The third-order valence-corrected chi connectivity index (χ3v) is 10.2. The number of aliphatic carboxylic acids is 1. The lowest BCUT2D eigenvalue weighted by Crippen LogP contribution is -2.72. The van der Waals surface area contributed by atoms with Crippen molar-refractivity contribution in [2.45, 2.75) is 111 Å². The van der Waals surface area contributed by atoms with Gasteiger partial charge >= 0.3 is 5.97 Å². The molecule has 1 saturated carbocycles. The van der Waals surface area contributed by atoms with Crippen LogP contribution in [0.3, 0.4) is 0 Å². The molecule has 6 rings (SSSR count). The number of ether oxygens (including phenoxy) is 2. The number of carbonyl (C=O) groups is 3. The van der Waals surface area contributed by atoms with Crippen LogP contribution in [0.4, 0.5) is 0 Å². The molecule has 4 atom stereocenters. The smallest absolute Gasteiger partial charge is 0.330 e. The first-order valence-electron chi connectivity index (χ1n) is 16.1. The van der Waals surface area contributed by atoms with Gasteiger partial charge in [0.25, 0.3) is 0 Å². The average molecular weight is 631 g/mol. The summed E-state index contributed by atoms with van der Waals surface area (Å²) in [6.45, 7) is 15.2. The Labute approximate surface area is 271 Å². The van der Waals surface area contributed by atoms with Crippen molar-refractivity contribution in [3.63, 3.8) is 0 Å². The Kier molecular flexibility index (Phi) is 8.52. The minimum absolute atomic E-state index is 0.0259. The molecule has 1 aromatic rings. The number of benzene rings is 1. The van der Waals surface area contributed by atoms with Crippen LogP contribution >= 0.6 is 0 Å². The second-order valence-electron chi connectivity index (χ2n) is 14.4. The second kappa shape index (κ2) is 11.7. The number of allylic oxidation sites excluding steroid dienone is 7. The van der Waals surface area contributed by atoms with Gasteiger partial charge in [0, 0.05) is 40.5 Å². The number of phenolic OH excluding ortho intramolecular Hbond substituents is 2. The molecular formula is C38H46O8. The highest BCUT2D eigenvalue weighted by Gasteiger charge is 2.81. The SMILES string of the molecule is CC(C)=CCC/C(C)=C/Cc1c(O)c(CC=C(C)C)c2c(c1O)C(=O)C1=CC3CC4C(C)(C)O[C@](C/C=C(\C)C(=O)O)(C3=O)[C@@]14O2. The van der Waals surface area contributed by atoms with E-state index in [1.165, 1.54) is 18.6 Å². The number of fused-ring (bicyclic) bond motifs is 1. The van der Waals surface area contributed by atoms with Crippen LogP contribution in [-0.2, 0) is 27.2 Å². The van der Waals surface area contributed by atoms with Crippen LogP contribution in [0.25, 0.3) is 0 Å². The predicted molar refractivity (Wildman–Crippen MR) is 175 cm³/mol. The summed E-state index contributed by atoms with van der Waals surface area (Å²) in [6, 6.07) is 0. The molecule has 2 heterocycles. The molecular weight excluding hydrogens is 584 g/mol. The highest BCUT2D eigenvalue weighted by molar-refractivity contribution is 6.18. The van der Waals surface area contributed by atoms with E-state index in [0.717, 1.165) is 24.0 Å². The molecule has 3 aliphatic carbocycles. The number of hydrogen-bond acceptors (Lipinski definition) is 7. The van der Waals surface area contributed by atoms with Gasteiger partial charge < -0.3 is 24.8 Å². The monoisotopic (exact) mass is 630 g/mol. The number of phenols is 2.